The predicted octanol–water partition coefficient (Wildman–Crippen LogP) is 2.58. The molecule has 0 aliphatic carbocycles. The van der Waals surface area contributed by atoms with Gasteiger partial charge in [-0.15, -0.1) is 0 Å². The third kappa shape index (κ3) is 5.71. The molecule has 9 nitrogen and oxygen atoms in total. The maximum Gasteiger partial charge on any atom is 0.407 e. The molecule has 0 spiro atoms. The van der Waals surface area contributed by atoms with Crippen LogP contribution in [0.5, 0.6) is 0 Å². The summed E-state index contributed by atoms with van der Waals surface area (Å²) in [6, 6.07) is 4.60. The van der Waals surface area contributed by atoms with E-state index >= 15 is 0 Å². The Kier molecular flexibility index (Phi) is 7.06. The first-order valence-electron chi connectivity index (χ1n) is 9.75. The average molecular weight is 435 g/mol. The van der Waals surface area contributed by atoms with Crippen LogP contribution in [0.25, 0.3) is 5.69 Å². The molecule has 0 radical (unpaired) electrons. The SMILES string of the molecule is O=C(NCCF)Nc1cn(-c2cccc(F)c2)cc1C(=O)NC1CCCN(C(=O)O)C1. The second-order valence-corrected chi connectivity index (χ2v) is 7.08. The Morgan fingerprint density at radius 2 is 2.03 bits per heavy atom. The Morgan fingerprint density at radius 3 is 2.74 bits per heavy atom. The van der Waals surface area contributed by atoms with Gasteiger partial charge < -0.3 is 30.5 Å². The maximum atomic E-state index is 13.6. The number of rotatable bonds is 6. The zero-order chi connectivity index (χ0) is 22.4. The molecule has 0 bridgehead atoms. The number of hydrogen-bond acceptors (Lipinski definition) is 3. The molecule has 1 fully saturated rings. The minimum atomic E-state index is -1.05. The van der Waals surface area contributed by atoms with E-state index in [-0.39, 0.29) is 30.4 Å². The van der Waals surface area contributed by atoms with Gasteiger partial charge in [0, 0.05) is 43.8 Å². The molecule has 4 amide bonds. The number of amides is 4. The molecule has 1 unspecified atom stereocenters. The van der Waals surface area contributed by atoms with E-state index in [9.17, 15) is 28.3 Å². The van der Waals surface area contributed by atoms with Gasteiger partial charge in [0.2, 0.25) is 0 Å². The van der Waals surface area contributed by atoms with E-state index in [1.165, 1.54) is 40.1 Å². The smallest absolute Gasteiger partial charge is 0.407 e. The fourth-order valence-electron chi connectivity index (χ4n) is 3.38. The molecule has 0 saturated carbocycles. The summed E-state index contributed by atoms with van der Waals surface area (Å²) >= 11 is 0. The van der Waals surface area contributed by atoms with Crippen LogP contribution in [-0.4, -0.2) is 65.0 Å². The second-order valence-electron chi connectivity index (χ2n) is 7.08. The third-order valence-corrected chi connectivity index (χ3v) is 4.83. The first-order chi connectivity index (χ1) is 14.9. The van der Waals surface area contributed by atoms with Gasteiger partial charge in [-0.05, 0) is 31.0 Å². The van der Waals surface area contributed by atoms with E-state index in [1.54, 1.807) is 6.07 Å². The first-order valence-corrected chi connectivity index (χ1v) is 9.75. The lowest BCUT2D eigenvalue weighted by molar-refractivity contribution is 0.0889. The molecule has 1 aromatic heterocycles. The number of piperidine rings is 1. The molecule has 1 aromatic carbocycles. The summed E-state index contributed by atoms with van der Waals surface area (Å²) in [6.45, 7) is -0.373. The lowest BCUT2D eigenvalue weighted by Gasteiger charge is -2.31. The maximum absolute atomic E-state index is 13.6. The van der Waals surface area contributed by atoms with Gasteiger partial charge in [-0.2, -0.15) is 0 Å². The monoisotopic (exact) mass is 435 g/mol. The molecule has 4 N–H and O–H groups in total. The van der Waals surface area contributed by atoms with Crippen LogP contribution in [0.2, 0.25) is 0 Å². The number of carboxylic acid groups (broad SMARTS) is 1. The molecule has 2 heterocycles. The van der Waals surface area contributed by atoms with Crippen LogP contribution in [0, 0.1) is 5.82 Å². The van der Waals surface area contributed by atoms with E-state index in [2.05, 4.69) is 16.0 Å². The van der Waals surface area contributed by atoms with Crippen molar-refractivity contribution in [3.05, 3.63) is 48.0 Å². The first kappa shape index (κ1) is 22.1. The number of alkyl halides is 1. The zero-order valence-corrected chi connectivity index (χ0v) is 16.6. The molecule has 1 saturated heterocycles. The number of hydrogen-bond donors (Lipinski definition) is 4. The summed E-state index contributed by atoms with van der Waals surface area (Å²) in [5.74, 6) is -0.989. The third-order valence-electron chi connectivity index (χ3n) is 4.83. The number of urea groups is 1. The molecule has 2 aromatic rings. The van der Waals surface area contributed by atoms with E-state index < -0.39 is 30.5 Å². The number of nitrogens with one attached hydrogen (secondary N) is 3. The van der Waals surface area contributed by atoms with E-state index in [0.717, 1.165) is 0 Å². The van der Waals surface area contributed by atoms with Gasteiger partial charge in [-0.3, -0.25) is 4.79 Å². The molecule has 3 rings (SSSR count). The predicted molar refractivity (Wildman–Crippen MR) is 109 cm³/mol. The van der Waals surface area contributed by atoms with Crippen molar-refractivity contribution in [1.29, 1.82) is 0 Å². The van der Waals surface area contributed by atoms with Gasteiger partial charge in [-0.1, -0.05) is 6.07 Å². The summed E-state index contributed by atoms with van der Waals surface area (Å²) in [4.78, 5) is 37.3. The summed E-state index contributed by atoms with van der Waals surface area (Å²) in [7, 11) is 0. The van der Waals surface area contributed by atoms with Crippen molar-refractivity contribution in [2.75, 3.05) is 31.6 Å². The Labute approximate surface area is 177 Å². The van der Waals surface area contributed by atoms with E-state index in [0.29, 0.717) is 25.1 Å². The fraction of sp³-hybridized carbons (Fsp3) is 0.350. The highest BCUT2D eigenvalue weighted by Gasteiger charge is 2.26. The quantitative estimate of drug-likeness (QED) is 0.558. The second kappa shape index (κ2) is 9.92. The van der Waals surface area contributed by atoms with Crippen LogP contribution >= 0.6 is 0 Å². The largest absolute Gasteiger partial charge is 0.465 e. The fourth-order valence-corrected chi connectivity index (χ4v) is 3.38. The van der Waals surface area contributed by atoms with Gasteiger partial charge in [0.25, 0.3) is 5.91 Å². The van der Waals surface area contributed by atoms with E-state index in [1.807, 2.05) is 0 Å². The van der Waals surface area contributed by atoms with E-state index in [4.69, 9.17) is 0 Å². The highest BCUT2D eigenvalue weighted by molar-refractivity contribution is 6.03. The number of carbonyl (C=O) groups excluding carboxylic acids is 2. The molecular formula is C20H23F2N5O4. The highest BCUT2D eigenvalue weighted by atomic mass is 19.1. The summed E-state index contributed by atoms with van der Waals surface area (Å²) in [6.07, 6.45) is 3.05. The van der Waals surface area contributed by atoms with Gasteiger partial charge in [0.05, 0.1) is 11.3 Å². The van der Waals surface area contributed by atoms with Crippen molar-refractivity contribution in [1.82, 2.24) is 20.1 Å². The zero-order valence-electron chi connectivity index (χ0n) is 16.6. The highest BCUT2D eigenvalue weighted by Crippen LogP contribution is 2.22. The Morgan fingerprint density at radius 1 is 1.23 bits per heavy atom. The Hall–Kier alpha value is -3.63. The topological polar surface area (TPSA) is 116 Å². The standard InChI is InChI=1S/C20H23F2N5O4/c21-6-7-23-19(29)25-17-12-27(15-5-1-3-13(22)9-15)11-16(17)18(28)24-14-4-2-8-26(10-14)20(30)31/h1,3,5,9,11-12,14H,2,4,6-8,10H2,(H,24,28)(H,30,31)(H2,23,25,29). The van der Waals surface area contributed by atoms with Crippen molar-refractivity contribution >= 4 is 23.7 Å². The van der Waals surface area contributed by atoms with Crippen LogP contribution < -0.4 is 16.0 Å². The van der Waals surface area contributed by atoms with Crippen molar-refractivity contribution in [3.63, 3.8) is 0 Å². The number of nitrogens with zero attached hydrogens (tertiary/aromatic N) is 2. The molecule has 1 atom stereocenters. The van der Waals surface area contributed by atoms with Crippen LogP contribution in [-0.2, 0) is 0 Å². The normalized spacial score (nSPS) is 15.9. The molecule has 31 heavy (non-hydrogen) atoms. The number of aromatic nitrogens is 1. The van der Waals surface area contributed by atoms with Gasteiger partial charge in [-0.25, -0.2) is 18.4 Å². The number of anilines is 1. The Bertz CT molecular complexity index is 965. The summed E-state index contributed by atoms with van der Waals surface area (Å²) < 4.78 is 27.4. The minimum Gasteiger partial charge on any atom is -0.465 e. The lowest BCUT2D eigenvalue weighted by atomic mass is 10.1. The van der Waals surface area contributed by atoms with Crippen molar-refractivity contribution in [3.8, 4) is 5.69 Å². The molecular weight excluding hydrogens is 412 g/mol. The molecule has 1 aliphatic rings. The molecule has 166 valence electrons. The van der Waals surface area contributed by atoms with Gasteiger partial charge in [0.1, 0.15) is 12.5 Å². The van der Waals surface area contributed by atoms with Crippen LogP contribution in [0.3, 0.4) is 0 Å². The lowest BCUT2D eigenvalue weighted by Crippen LogP contribution is -2.49. The number of benzene rings is 1. The minimum absolute atomic E-state index is 0.104. The molecule has 11 heteroatoms. The summed E-state index contributed by atoms with van der Waals surface area (Å²) in [5, 5.41) is 16.8. The van der Waals surface area contributed by atoms with Crippen LogP contribution in [0.4, 0.5) is 24.1 Å². The number of carbonyl (C=O) groups is 3. The number of likely N-dealkylation sites (tertiary alicyclic amines) is 1. The van der Waals surface area contributed by atoms with Crippen LogP contribution in [0.1, 0.15) is 23.2 Å². The van der Waals surface area contributed by atoms with Crippen molar-refractivity contribution in [2.24, 2.45) is 0 Å². The average Bonchev–Trinajstić information content (AvgIpc) is 3.16. The summed E-state index contributed by atoms with van der Waals surface area (Å²) in [5.41, 5.74) is 0.678. The van der Waals surface area contributed by atoms with Crippen molar-refractivity contribution < 1.29 is 28.3 Å². The number of halogens is 2. The van der Waals surface area contributed by atoms with Crippen LogP contribution in [0.15, 0.2) is 36.7 Å². The molecule has 1 aliphatic heterocycles. The van der Waals surface area contributed by atoms with Gasteiger partial charge in [0.15, 0.2) is 0 Å². The van der Waals surface area contributed by atoms with Gasteiger partial charge >= 0.3 is 12.1 Å². The van der Waals surface area contributed by atoms with Crippen molar-refractivity contribution in [2.45, 2.75) is 18.9 Å². The Balaban J connectivity index is 1.83.